The molecule has 1 fully saturated rings. The zero-order valence-corrected chi connectivity index (χ0v) is 14.7. The predicted molar refractivity (Wildman–Crippen MR) is 87.1 cm³/mol. The first-order valence-corrected chi connectivity index (χ1v) is 8.34. The van der Waals surface area contributed by atoms with Crippen LogP contribution in [0.2, 0.25) is 0 Å². The maximum atomic E-state index is 12.6. The van der Waals surface area contributed by atoms with Gasteiger partial charge in [-0.15, -0.1) is 0 Å². The van der Waals surface area contributed by atoms with Crippen LogP contribution in [0.3, 0.4) is 0 Å². The summed E-state index contributed by atoms with van der Waals surface area (Å²) in [7, 11) is 1.55. The number of esters is 1. The third-order valence-electron chi connectivity index (χ3n) is 4.47. The highest BCUT2D eigenvalue weighted by Gasteiger charge is 2.42. The molecule has 0 bridgehead atoms. The highest BCUT2D eigenvalue weighted by Crippen LogP contribution is 2.39. The van der Waals surface area contributed by atoms with E-state index in [4.69, 9.17) is 4.74 Å². The van der Waals surface area contributed by atoms with Crippen LogP contribution >= 0.6 is 0 Å². The molecule has 144 valence electrons. The van der Waals surface area contributed by atoms with Crippen LogP contribution in [-0.2, 0) is 19.1 Å². The molecule has 1 amide bonds. The average molecular weight is 373 g/mol. The van der Waals surface area contributed by atoms with E-state index in [-0.39, 0.29) is 12.0 Å². The fourth-order valence-electron chi connectivity index (χ4n) is 3.37. The van der Waals surface area contributed by atoms with Gasteiger partial charge in [-0.1, -0.05) is 30.3 Å². The van der Waals surface area contributed by atoms with Gasteiger partial charge in [0.05, 0.1) is 12.6 Å². The highest BCUT2D eigenvalue weighted by atomic mass is 19.4. The minimum absolute atomic E-state index is 0.0713. The standard InChI is InChI=1S/C18H22F3NO4/c1-12-8-9-14(10-25-2)15(13-6-4-3-5-7-13)22(12)16(23)17(24)26-11-18(19,20)21/h3-7,12,14-15H,8-11H2,1-2H3/t12-,14?,15+/m0/s1. The van der Waals surface area contributed by atoms with E-state index in [1.165, 1.54) is 4.90 Å². The molecule has 8 heteroatoms. The van der Waals surface area contributed by atoms with Crippen molar-refractivity contribution in [2.75, 3.05) is 20.3 Å². The normalized spacial score (nSPS) is 23.6. The van der Waals surface area contributed by atoms with Gasteiger partial charge in [0, 0.05) is 19.1 Å². The number of alkyl halides is 3. The first kappa shape index (κ1) is 20.2. The topological polar surface area (TPSA) is 55.8 Å². The van der Waals surface area contributed by atoms with Gasteiger partial charge in [0.1, 0.15) is 0 Å². The van der Waals surface area contributed by atoms with Crippen LogP contribution in [0.4, 0.5) is 13.2 Å². The Morgan fingerprint density at radius 2 is 1.85 bits per heavy atom. The number of likely N-dealkylation sites (tertiary alicyclic amines) is 1. The van der Waals surface area contributed by atoms with Crippen LogP contribution in [0, 0.1) is 5.92 Å². The largest absolute Gasteiger partial charge is 0.449 e. The Morgan fingerprint density at radius 1 is 1.19 bits per heavy atom. The lowest BCUT2D eigenvalue weighted by Crippen LogP contribution is -2.51. The third-order valence-corrected chi connectivity index (χ3v) is 4.47. The number of hydrogen-bond donors (Lipinski definition) is 0. The van der Waals surface area contributed by atoms with Gasteiger partial charge in [0.2, 0.25) is 0 Å². The Hall–Kier alpha value is -2.09. The number of carbonyl (C=O) groups excluding carboxylic acids is 2. The summed E-state index contributed by atoms with van der Waals surface area (Å²) in [5, 5.41) is 0. The number of piperidine rings is 1. The Balaban J connectivity index is 2.28. The fourth-order valence-corrected chi connectivity index (χ4v) is 3.37. The molecule has 1 aliphatic heterocycles. The second-order valence-electron chi connectivity index (χ2n) is 6.40. The molecule has 3 atom stereocenters. The molecule has 1 aliphatic rings. The molecule has 26 heavy (non-hydrogen) atoms. The minimum atomic E-state index is -4.68. The van der Waals surface area contributed by atoms with Crippen LogP contribution < -0.4 is 0 Å². The molecule has 0 aromatic heterocycles. The molecule has 1 aromatic carbocycles. The van der Waals surface area contributed by atoms with Crippen LogP contribution in [0.1, 0.15) is 31.4 Å². The first-order chi connectivity index (χ1) is 12.2. The maximum absolute atomic E-state index is 12.6. The van der Waals surface area contributed by atoms with Crippen molar-refractivity contribution in [1.82, 2.24) is 4.90 Å². The van der Waals surface area contributed by atoms with E-state index in [0.717, 1.165) is 12.0 Å². The second kappa shape index (κ2) is 8.53. The number of methoxy groups -OCH3 is 1. The number of halogens is 3. The van der Waals surface area contributed by atoms with Crippen molar-refractivity contribution in [2.24, 2.45) is 5.92 Å². The van der Waals surface area contributed by atoms with Crippen molar-refractivity contribution >= 4 is 11.9 Å². The number of benzene rings is 1. The van der Waals surface area contributed by atoms with Crippen molar-refractivity contribution in [2.45, 2.75) is 38.0 Å². The Labute approximate surface area is 150 Å². The molecule has 0 spiro atoms. The predicted octanol–water partition coefficient (Wildman–Crippen LogP) is 3.11. The van der Waals surface area contributed by atoms with Crippen LogP contribution in [0.25, 0.3) is 0 Å². The zero-order chi connectivity index (χ0) is 19.3. The van der Waals surface area contributed by atoms with E-state index in [1.807, 2.05) is 30.3 Å². The molecule has 0 radical (unpaired) electrons. The Bertz CT molecular complexity index is 621. The van der Waals surface area contributed by atoms with Gasteiger partial charge in [0.15, 0.2) is 6.61 Å². The van der Waals surface area contributed by atoms with Gasteiger partial charge >= 0.3 is 18.1 Å². The van der Waals surface area contributed by atoms with Gasteiger partial charge in [-0.25, -0.2) is 4.79 Å². The number of nitrogens with zero attached hydrogens (tertiary/aromatic N) is 1. The quantitative estimate of drug-likeness (QED) is 0.601. The van der Waals surface area contributed by atoms with Crippen molar-refractivity contribution in [3.05, 3.63) is 35.9 Å². The van der Waals surface area contributed by atoms with E-state index in [1.54, 1.807) is 14.0 Å². The number of rotatable bonds is 4. The summed E-state index contributed by atoms with van der Waals surface area (Å²) in [6.07, 6.45) is -3.29. The molecular formula is C18H22F3NO4. The molecule has 0 aliphatic carbocycles. The summed E-state index contributed by atoms with van der Waals surface area (Å²) in [4.78, 5) is 25.9. The summed E-state index contributed by atoms with van der Waals surface area (Å²) in [6, 6.07) is 8.32. The molecule has 2 rings (SSSR count). The van der Waals surface area contributed by atoms with E-state index in [0.29, 0.717) is 13.0 Å². The van der Waals surface area contributed by atoms with Crippen molar-refractivity contribution in [1.29, 1.82) is 0 Å². The minimum Gasteiger partial charge on any atom is -0.449 e. The van der Waals surface area contributed by atoms with Gasteiger partial charge in [-0.2, -0.15) is 13.2 Å². The fraction of sp³-hybridized carbons (Fsp3) is 0.556. The number of carbonyl (C=O) groups is 2. The molecule has 1 aromatic rings. The molecule has 0 saturated carbocycles. The molecule has 1 saturated heterocycles. The molecule has 0 N–H and O–H groups in total. The van der Waals surface area contributed by atoms with Gasteiger partial charge in [0.25, 0.3) is 0 Å². The van der Waals surface area contributed by atoms with Crippen LogP contribution in [0.15, 0.2) is 30.3 Å². The molecule has 1 unspecified atom stereocenters. The maximum Gasteiger partial charge on any atom is 0.422 e. The first-order valence-electron chi connectivity index (χ1n) is 8.34. The molecular weight excluding hydrogens is 351 g/mol. The van der Waals surface area contributed by atoms with Gasteiger partial charge in [-0.3, -0.25) is 4.79 Å². The average Bonchev–Trinajstić information content (AvgIpc) is 2.60. The lowest BCUT2D eigenvalue weighted by atomic mass is 9.82. The van der Waals surface area contributed by atoms with Crippen LogP contribution in [-0.4, -0.2) is 49.3 Å². The number of amides is 1. The monoisotopic (exact) mass is 373 g/mol. The van der Waals surface area contributed by atoms with Gasteiger partial charge < -0.3 is 14.4 Å². The van der Waals surface area contributed by atoms with E-state index >= 15 is 0 Å². The summed E-state index contributed by atoms with van der Waals surface area (Å²) >= 11 is 0. The lowest BCUT2D eigenvalue weighted by molar-refractivity contribution is -0.191. The summed E-state index contributed by atoms with van der Waals surface area (Å²) in [5.41, 5.74) is 0.804. The van der Waals surface area contributed by atoms with E-state index in [9.17, 15) is 22.8 Å². The van der Waals surface area contributed by atoms with Crippen molar-refractivity contribution in [3.8, 4) is 0 Å². The molecule has 5 nitrogen and oxygen atoms in total. The molecule has 1 heterocycles. The summed E-state index contributed by atoms with van der Waals surface area (Å²) < 4.78 is 46.3. The summed E-state index contributed by atoms with van der Waals surface area (Å²) in [6.45, 7) is 0.360. The SMILES string of the molecule is COCC1CC[C@H](C)N(C(=O)C(=O)OCC(F)(F)F)[C@@H]1c1ccccc1. The highest BCUT2D eigenvalue weighted by molar-refractivity contribution is 6.32. The Kier molecular flexibility index (Phi) is 6.63. The van der Waals surface area contributed by atoms with Crippen molar-refractivity contribution in [3.63, 3.8) is 0 Å². The number of ether oxygens (including phenoxy) is 2. The van der Waals surface area contributed by atoms with E-state index in [2.05, 4.69) is 4.74 Å². The lowest BCUT2D eigenvalue weighted by Gasteiger charge is -2.45. The summed E-state index contributed by atoms with van der Waals surface area (Å²) in [5.74, 6) is -2.62. The third kappa shape index (κ3) is 4.97. The van der Waals surface area contributed by atoms with E-state index < -0.39 is 30.7 Å². The zero-order valence-electron chi connectivity index (χ0n) is 14.7. The van der Waals surface area contributed by atoms with Crippen LogP contribution in [0.5, 0.6) is 0 Å². The smallest absolute Gasteiger partial charge is 0.422 e. The van der Waals surface area contributed by atoms with Gasteiger partial charge in [-0.05, 0) is 25.3 Å². The van der Waals surface area contributed by atoms with Crippen molar-refractivity contribution < 1.29 is 32.2 Å². The number of hydrogen-bond acceptors (Lipinski definition) is 4. The second-order valence-corrected chi connectivity index (χ2v) is 6.40. The Morgan fingerprint density at radius 3 is 2.42 bits per heavy atom.